The minimum atomic E-state index is -0.191. The number of hydrogen-bond acceptors (Lipinski definition) is 3. The van der Waals surface area contributed by atoms with Crippen molar-refractivity contribution in [1.82, 2.24) is 5.32 Å². The summed E-state index contributed by atoms with van der Waals surface area (Å²) in [4.78, 5) is 12.0. The standard InChI is InChI=1S/C16H23NO2/c1-3-6-12(2)11-19-16(18)15-9-13-7-4-5-8-14(13)10-17-15/h4-5,7-8,12,15,17H,3,6,9-11H2,1-2H3/t12?,15-/m0/s1. The van der Waals surface area contributed by atoms with E-state index in [0.717, 1.165) is 25.8 Å². The van der Waals surface area contributed by atoms with Crippen LogP contribution in [0.5, 0.6) is 0 Å². The van der Waals surface area contributed by atoms with Crippen molar-refractivity contribution >= 4 is 5.97 Å². The molecule has 1 aromatic carbocycles. The van der Waals surface area contributed by atoms with Crippen molar-refractivity contribution in [1.29, 1.82) is 0 Å². The Morgan fingerprint density at radius 3 is 2.89 bits per heavy atom. The summed E-state index contributed by atoms with van der Waals surface area (Å²) in [7, 11) is 0. The smallest absolute Gasteiger partial charge is 0.323 e. The summed E-state index contributed by atoms with van der Waals surface area (Å²) in [5.74, 6) is 0.335. The zero-order chi connectivity index (χ0) is 13.7. The second kappa shape index (κ2) is 6.71. The SMILES string of the molecule is CCCC(C)COC(=O)[C@@H]1Cc2ccccc2CN1. The van der Waals surface area contributed by atoms with E-state index >= 15 is 0 Å². The van der Waals surface area contributed by atoms with Crippen molar-refractivity contribution in [2.45, 2.75) is 45.7 Å². The highest BCUT2D eigenvalue weighted by Crippen LogP contribution is 2.17. The van der Waals surface area contributed by atoms with Crippen LogP contribution in [0.2, 0.25) is 0 Å². The maximum Gasteiger partial charge on any atom is 0.323 e. The summed E-state index contributed by atoms with van der Waals surface area (Å²) < 4.78 is 5.41. The minimum absolute atomic E-state index is 0.113. The first-order valence-corrected chi connectivity index (χ1v) is 7.17. The third-order valence-corrected chi connectivity index (χ3v) is 3.66. The zero-order valence-corrected chi connectivity index (χ0v) is 11.8. The molecule has 3 heteroatoms. The van der Waals surface area contributed by atoms with Gasteiger partial charge in [0.15, 0.2) is 0 Å². The van der Waals surface area contributed by atoms with E-state index in [0.29, 0.717) is 12.5 Å². The molecule has 0 bridgehead atoms. The van der Waals surface area contributed by atoms with Crippen molar-refractivity contribution in [3.8, 4) is 0 Å². The van der Waals surface area contributed by atoms with Gasteiger partial charge in [-0.15, -0.1) is 0 Å². The molecule has 0 saturated heterocycles. The Kier molecular flexibility index (Phi) is 4.97. The molecule has 0 saturated carbocycles. The Balaban J connectivity index is 1.85. The molecule has 3 nitrogen and oxygen atoms in total. The fourth-order valence-electron chi connectivity index (χ4n) is 2.52. The highest BCUT2D eigenvalue weighted by Gasteiger charge is 2.25. The fourth-order valence-corrected chi connectivity index (χ4v) is 2.52. The number of esters is 1. The van der Waals surface area contributed by atoms with Gasteiger partial charge in [0.05, 0.1) is 6.61 Å². The van der Waals surface area contributed by atoms with Crippen LogP contribution in [0.3, 0.4) is 0 Å². The maximum atomic E-state index is 12.0. The number of ether oxygens (including phenoxy) is 1. The van der Waals surface area contributed by atoms with E-state index in [-0.39, 0.29) is 12.0 Å². The first kappa shape index (κ1) is 14.1. The Morgan fingerprint density at radius 2 is 2.16 bits per heavy atom. The van der Waals surface area contributed by atoms with Gasteiger partial charge in [-0.3, -0.25) is 4.79 Å². The minimum Gasteiger partial charge on any atom is -0.464 e. The van der Waals surface area contributed by atoms with E-state index in [1.807, 2.05) is 12.1 Å². The second-order valence-corrected chi connectivity index (χ2v) is 5.43. The van der Waals surface area contributed by atoms with E-state index in [1.165, 1.54) is 11.1 Å². The summed E-state index contributed by atoms with van der Waals surface area (Å²) >= 11 is 0. The number of fused-ring (bicyclic) bond motifs is 1. The topological polar surface area (TPSA) is 38.3 Å². The third-order valence-electron chi connectivity index (χ3n) is 3.66. The number of nitrogens with one attached hydrogen (secondary N) is 1. The summed E-state index contributed by atoms with van der Waals surface area (Å²) in [5, 5.41) is 3.26. The molecule has 1 N–H and O–H groups in total. The molecule has 0 radical (unpaired) electrons. The zero-order valence-electron chi connectivity index (χ0n) is 11.8. The van der Waals surface area contributed by atoms with Gasteiger partial charge in [-0.2, -0.15) is 0 Å². The van der Waals surface area contributed by atoms with Crippen LogP contribution in [0.4, 0.5) is 0 Å². The van der Waals surface area contributed by atoms with Crippen molar-refractivity contribution in [2.75, 3.05) is 6.61 Å². The number of carbonyl (C=O) groups excluding carboxylic acids is 1. The monoisotopic (exact) mass is 261 g/mol. The number of benzene rings is 1. The van der Waals surface area contributed by atoms with E-state index in [2.05, 4.69) is 31.3 Å². The summed E-state index contributed by atoms with van der Waals surface area (Å²) in [6.07, 6.45) is 2.97. The van der Waals surface area contributed by atoms with Crippen LogP contribution < -0.4 is 5.32 Å². The molecule has 1 aliphatic rings. The van der Waals surface area contributed by atoms with Crippen molar-refractivity contribution in [3.05, 3.63) is 35.4 Å². The number of hydrogen-bond donors (Lipinski definition) is 1. The second-order valence-electron chi connectivity index (χ2n) is 5.43. The predicted octanol–water partition coefficient (Wildman–Crippen LogP) is 2.68. The molecule has 0 amide bonds. The van der Waals surface area contributed by atoms with Crippen LogP contribution in [0, 0.1) is 5.92 Å². The lowest BCUT2D eigenvalue weighted by atomic mass is 9.96. The molecule has 1 heterocycles. The van der Waals surface area contributed by atoms with Crippen LogP contribution in [0.15, 0.2) is 24.3 Å². The lowest BCUT2D eigenvalue weighted by Crippen LogP contribution is -2.43. The molecule has 1 aliphatic heterocycles. The quantitative estimate of drug-likeness (QED) is 0.828. The van der Waals surface area contributed by atoms with Crippen LogP contribution in [-0.2, 0) is 22.5 Å². The normalized spacial score (nSPS) is 19.6. The van der Waals surface area contributed by atoms with Crippen LogP contribution >= 0.6 is 0 Å². The van der Waals surface area contributed by atoms with Crippen molar-refractivity contribution < 1.29 is 9.53 Å². The highest BCUT2D eigenvalue weighted by molar-refractivity contribution is 5.76. The molecule has 0 aromatic heterocycles. The van der Waals surface area contributed by atoms with E-state index in [4.69, 9.17) is 4.74 Å². The average molecular weight is 261 g/mol. The first-order valence-electron chi connectivity index (χ1n) is 7.17. The molecule has 104 valence electrons. The van der Waals surface area contributed by atoms with Crippen molar-refractivity contribution in [3.63, 3.8) is 0 Å². The van der Waals surface area contributed by atoms with E-state index in [9.17, 15) is 4.79 Å². The number of carbonyl (C=O) groups is 1. The Bertz CT molecular complexity index is 431. The Hall–Kier alpha value is -1.35. The molecule has 2 atom stereocenters. The fraction of sp³-hybridized carbons (Fsp3) is 0.562. The van der Waals surface area contributed by atoms with Crippen LogP contribution in [0.1, 0.15) is 37.8 Å². The van der Waals surface area contributed by atoms with Gasteiger partial charge in [-0.25, -0.2) is 0 Å². The lowest BCUT2D eigenvalue weighted by Gasteiger charge is -2.25. The van der Waals surface area contributed by atoms with Gasteiger partial charge in [-0.05, 0) is 29.9 Å². The molecule has 1 aromatic rings. The molecule has 2 rings (SSSR count). The van der Waals surface area contributed by atoms with Gasteiger partial charge < -0.3 is 10.1 Å². The predicted molar refractivity (Wildman–Crippen MR) is 75.8 cm³/mol. The Morgan fingerprint density at radius 1 is 1.42 bits per heavy atom. The van der Waals surface area contributed by atoms with Crippen LogP contribution in [0.25, 0.3) is 0 Å². The lowest BCUT2D eigenvalue weighted by molar-refractivity contribution is -0.147. The largest absolute Gasteiger partial charge is 0.464 e. The summed E-state index contributed by atoms with van der Waals surface area (Å²) in [5.41, 5.74) is 2.54. The van der Waals surface area contributed by atoms with Gasteiger partial charge in [-0.1, -0.05) is 44.5 Å². The average Bonchev–Trinajstić information content (AvgIpc) is 2.44. The molecule has 0 fully saturated rings. The number of rotatable bonds is 5. The molecule has 0 spiro atoms. The highest BCUT2D eigenvalue weighted by atomic mass is 16.5. The molecular formula is C16H23NO2. The maximum absolute atomic E-state index is 12.0. The van der Waals surface area contributed by atoms with Gasteiger partial charge in [0, 0.05) is 6.54 Å². The van der Waals surface area contributed by atoms with Crippen molar-refractivity contribution in [2.24, 2.45) is 5.92 Å². The van der Waals surface area contributed by atoms with E-state index in [1.54, 1.807) is 0 Å². The van der Waals surface area contributed by atoms with Gasteiger partial charge in [0.25, 0.3) is 0 Å². The Labute approximate surface area is 115 Å². The van der Waals surface area contributed by atoms with Gasteiger partial charge >= 0.3 is 5.97 Å². The molecule has 19 heavy (non-hydrogen) atoms. The summed E-state index contributed by atoms with van der Waals surface area (Å²) in [6, 6.07) is 8.06. The summed E-state index contributed by atoms with van der Waals surface area (Å²) in [6.45, 7) is 5.56. The molecule has 1 unspecified atom stereocenters. The van der Waals surface area contributed by atoms with Crippen LogP contribution in [-0.4, -0.2) is 18.6 Å². The van der Waals surface area contributed by atoms with Gasteiger partial charge in [0.1, 0.15) is 6.04 Å². The first-order chi connectivity index (χ1) is 9.20. The van der Waals surface area contributed by atoms with Gasteiger partial charge in [0.2, 0.25) is 0 Å². The molecular weight excluding hydrogens is 238 g/mol. The van der Waals surface area contributed by atoms with E-state index < -0.39 is 0 Å². The molecule has 0 aliphatic carbocycles. The third kappa shape index (κ3) is 3.80.